The summed E-state index contributed by atoms with van der Waals surface area (Å²) in [4.78, 5) is 0. The molecule has 0 amide bonds. The van der Waals surface area contributed by atoms with E-state index in [-0.39, 0.29) is 18.7 Å². The van der Waals surface area contributed by atoms with Gasteiger partial charge >= 0.3 is 0 Å². The van der Waals surface area contributed by atoms with Gasteiger partial charge in [-0.05, 0) is 19.8 Å². The molecule has 1 aromatic rings. The highest BCUT2D eigenvalue weighted by Gasteiger charge is 2.16. The van der Waals surface area contributed by atoms with Gasteiger partial charge < -0.3 is 10.4 Å². The Kier molecular flexibility index (Phi) is 4.96. The molecule has 0 saturated heterocycles. The molecule has 0 saturated carbocycles. The molecule has 92 valence electrons. The largest absolute Gasteiger partial charge is 0.395 e. The van der Waals surface area contributed by atoms with Crippen LogP contribution in [0.3, 0.4) is 0 Å². The second kappa shape index (κ2) is 6.01. The highest BCUT2D eigenvalue weighted by atomic mass is 16.3. The third-order valence-corrected chi connectivity index (χ3v) is 2.94. The maximum absolute atomic E-state index is 9.26. The standard InChI is InChI=1S/C12H23N3O/c1-5-15-7-11(6-13-15)10(4)14-12(8-16)9(2)3/h6-7,9-10,12,14,16H,5,8H2,1-4H3. The molecule has 1 rings (SSSR count). The zero-order valence-corrected chi connectivity index (χ0v) is 10.6. The van der Waals surface area contributed by atoms with Gasteiger partial charge in [0.25, 0.3) is 0 Å². The molecule has 4 nitrogen and oxygen atoms in total. The Bertz CT molecular complexity index is 309. The van der Waals surface area contributed by atoms with Crippen molar-refractivity contribution in [2.75, 3.05) is 6.61 Å². The van der Waals surface area contributed by atoms with Gasteiger partial charge in [-0.25, -0.2) is 0 Å². The fourth-order valence-corrected chi connectivity index (χ4v) is 1.65. The zero-order valence-electron chi connectivity index (χ0n) is 10.6. The lowest BCUT2D eigenvalue weighted by atomic mass is 10.0. The van der Waals surface area contributed by atoms with Gasteiger partial charge in [0.1, 0.15) is 0 Å². The van der Waals surface area contributed by atoms with Crippen molar-refractivity contribution in [3.8, 4) is 0 Å². The minimum absolute atomic E-state index is 0.139. The Balaban J connectivity index is 2.60. The number of aliphatic hydroxyl groups is 1. The Morgan fingerprint density at radius 2 is 2.12 bits per heavy atom. The Hall–Kier alpha value is -0.870. The van der Waals surface area contributed by atoms with E-state index < -0.39 is 0 Å². The summed E-state index contributed by atoms with van der Waals surface area (Å²) in [5.41, 5.74) is 1.17. The summed E-state index contributed by atoms with van der Waals surface area (Å²) in [5, 5.41) is 16.9. The second-order valence-corrected chi connectivity index (χ2v) is 4.55. The first-order valence-electron chi connectivity index (χ1n) is 5.97. The molecule has 2 unspecified atom stereocenters. The van der Waals surface area contributed by atoms with Crippen LogP contribution in [0.4, 0.5) is 0 Å². The predicted molar refractivity (Wildman–Crippen MR) is 65.2 cm³/mol. The maximum Gasteiger partial charge on any atom is 0.0587 e. The summed E-state index contributed by atoms with van der Waals surface area (Å²) in [6, 6.07) is 0.361. The smallest absolute Gasteiger partial charge is 0.0587 e. The Morgan fingerprint density at radius 3 is 2.56 bits per heavy atom. The van der Waals surface area contributed by atoms with Crippen molar-refractivity contribution < 1.29 is 5.11 Å². The van der Waals surface area contributed by atoms with Crippen LogP contribution in [0.1, 0.15) is 39.3 Å². The molecule has 1 aromatic heterocycles. The van der Waals surface area contributed by atoms with Gasteiger partial charge in [-0.2, -0.15) is 5.10 Å². The van der Waals surface area contributed by atoms with Crippen molar-refractivity contribution in [2.45, 2.75) is 46.3 Å². The van der Waals surface area contributed by atoms with E-state index >= 15 is 0 Å². The van der Waals surface area contributed by atoms with E-state index in [1.807, 2.05) is 17.1 Å². The number of nitrogens with zero attached hydrogens (tertiary/aromatic N) is 2. The predicted octanol–water partition coefficient (Wildman–Crippen LogP) is 1.57. The molecule has 0 aliphatic rings. The van der Waals surface area contributed by atoms with Crippen LogP contribution in [-0.2, 0) is 6.54 Å². The van der Waals surface area contributed by atoms with Crippen molar-refractivity contribution in [2.24, 2.45) is 5.92 Å². The van der Waals surface area contributed by atoms with Gasteiger partial charge in [0, 0.05) is 30.4 Å². The van der Waals surface area contributed by atoms with E-state index in [1.165, 1.54) is 5.56 Å². The van der Waals surface area contributed by atoms with Crippen molar-refractivity contribution in [3.05, 3.63) is 18.0 Å². The number of aromatic nitrogens is 2. The van der Waals surface area contributed by atoms with E-state index in [1.54, 1.807) is 0 Å². The van der Waals surface area contributed by atoms with E-state index in [0.29, 0.717) is 5.92 Å². The second-order valence-electron chi connectivity index (χ2n) is 4.55. The minimum Gasteiger partial charge on any atom is -0.395 e. The SMILES string of the molecule is CCn1cc(C(C)NC(CO)C(C)C)cn1. The molecule has 4 heteroatoms. The molecule has 0 aromatic carbocycles. The van der Waals surface area contributed by atoms with Crippen molar-refractivity contribution >= 4 is 0 Å². The summed E-state index contributed by atoms with van der Waals surface area (Å²) in [6.45, 7) is 9.44. The molecule has 0 spiro atoms. The molecule has 0 bridgehead atoms. The Labute approximate surface area is 97.7 Å². The van der Waals surface area contributed by atoms with Crippen LogP contribution in [0.5, 0.6) is 0 Å². The zero-order chi connectivity index (χ0) is 12.1. The topological polar surface area (TPSA) is 50.1 Å². The molecule has 0 radical (unpaired) electrons. The lowest BCUT2D eigenvalue weighted by Gasteiger charge is -2.24. The van der Waals surface area contributed by atoms with Crippen LogP contribution in [0.25, 0.3) is 0 Å². The average molecular weight is 225 g/mol. The lowest BCUT2D eigenvalue weighted by Crippen LogP contribution is -2.38. The van der Waals surface area contributed by atoms with E-state index in [0.717, 1.165) is 6.54 Å². The molecule has 2 atom stereocenters. The van der Waals surface area contributed by atoms with Gasteiger partial charge in [0.15, 0.2) is 0 Å². The van der Waals surface area contributed by atoms with Crippen LogP contribution >= 0.6 is 0 Å². The number of aliphatic hydroxyl groups excluding tert-OH is 1. The van der Waals surface area contributed by atoms with Crippen LogP contribution in [0.15, 0.2) is 12.4 Å². The average Bonchev–Trinajstić information content (AvgIpc) is 2.73. The monoisotopic (exact) mass is 225 g/mol. The fourth-order valence-electron chi connectivity index (χ4n) is 1.65. The number of aryl methyl sites for hydroxylation is 1. The third-order valence-electron chi connectivity index (χ3n) is 2.94. The third kappa shape index (κ3) is 3.32. The number of rotatable bonds is 6. The first-order chi connectivity index (χ1) is 7.58. The maximum atomic E-state index is 9.26. The summed E-state index contributed by atoms with van der Waals surface area (Å²) in [5.74, 6) is 0.425. The van der Waals surface area contributed by atoms with Gasteiger partial charge in [-0.1, -0.05) is 13.8 Å². The summed E-state index contributed by atoms with van der Waals surface area (Å²) >= 11 is 0. The van der Waals surface area contributed by atoms with Crippen molar-refractivity contribution in [1.29, 1.82) is 0 Å². The van der Waals surface area contributed by atoms with Gasteiger partial charge in [0.05, 0.1) is 12.8 Å². The summed E-state index contributed by atoms with van der Waals surface area (Å²) in [6.07, 6.45) is 3.93. The van der Waals surface area contributed by atoms with Gasteiger partial charge in [-0.3, -0.25) is 4.68 Å². The minimum atomic E-state index is 0.139. The molecular formula is C12H23N3O. The van der Waals surface area contributed by atoms with Crippen LogP contribution in [0, 0.1) is 5.92 Å². The van der Waals surface area contributed by atoms with E-state index in [4.69, 9.17) is 0 Å². The molecule has 0 aliphatic carbocycles. The molecule has 2 N–H and O–H groups in total. The first kappa shape index (κ1) is 13.2. The van der Waals surface area contributed by atoms with Crippen LogP contribution < -0.4 is 5.32 Å². The fraction of sp³-hybridized carbons (Fsp3) is 0.750. The Morgan fingerprint density at radius 1 is 1.44 bits per heavy atom. The van der Waals surface area contributed by atoms with Crippen molar-refractivity contribution in [1.82, 2.24) is 15.1 Å². The summed E-state index contributed by atoms with van der Waals surface area (Å²) in [7, 11) is 0. The number of nitrogens with one attached hydrogen (secondary N) is 1. The molecule has 0 fully saturated rings. The van der Waals surface area contributed by atoms with E-state index in [9.17, 15) is 5.11 Å². The highest BCUT2D eigenvalue weighted by Crippen LogP contribution is 2.14. The molecule has 1 heterocycles. The number of hydrogen-bond acceptors (Lipinski definition) is 3. The van der Waals surface area contributed by atoms with Crippen molar-refractivity contribution in [3.63, 3.8) is 0 Å². The molecular weight excluding hydrogens is 202 g/mol. The summed E-state index contributed by atoms with van der Waals surface area (Å²) < 4.78 is 1.91. The normalized spacial score (nSPS) is 15.4. The molecule has 0 aliphatic heterocycles. The van der Waals surface area contributed by atoms with Gasteiger partial charge in [-0.15, -0.1) is 0 Å². The van der Waals surface area contributed by atoms with Crippen LogP contribution in [-0.4, -0.2) is 27.5 Å². The highest BCUT2D eigenvalue weighted by molar-refractivity contribution is 5.09. The van der Waals surface area contributed by atoms with E-state index in [2.05, 4.69) is 38.1 Å². The van der Waals surface area contributed by atoms with Gasteiger partial charge in [0.2, 0.25) is 0 Å². The quantitative estimate of drug-likeness (QED) is 0.772. The van der Waals surface area contributed by atoms with Crippen LogP contribution in [0.2, 0.25) is 0 Å². The number of hydrogen-bond donors (Lipinski definition) is 2. The molecule has 16 heavy (non-hydrogen) atoms. The first-order valence-corrected chi connectivity index (χ1v) is 5.97. The lowest BCUT2D eigenvalue weighted by molar-refractivity contribution is 0.201.